The van der Waals surface area contributed by atoms with Gasteiger partial charge in [0.05, 0.1) is 11.0 Å². The summed E-state index contributed by atoms with van der Waals surface area (Å²) in [5.74, 6) is 0. The zero-order chi connectivity index (χ0) is 8.72. The van der Waals surface area contributed by atoms with Crippen LogP contribution in [0.5, 0.6) is 0 Å². The number of aryl methyl sites for hydroxylation is 1. The number of H-pyrrole nitrogens is 2. The highest BCUT2D eigenvalue weighted by Crippen LogP contribution is 2.21. The minimum atomic E-state index is -0.170. The predicted octanol–water partition coefficient (Wildman–Crippen LogP) is 1.93. The SMILES string of the molecule is Cc1cc(Br)c2[nH]c(=O)[nH]c2c1. The number of hydrogen-bond acceptors (Lipinski definition) is 1. The average Bonchev–Trinajstić information content (AvgIpc) is 2.29. The molecule has 0 amide bonds. The summed E-state index contributed by atoms with van der Waals surface area (Å²) in [5.41, 5.74) is 2.61. The van der Waals surface area contributed by atoms with Crippen LogP contribution in [0.1, 0.15) is 5.56 Å². The number of fused-ring (bicyclic) bond motifs is 1. The molecule has 2 N–H and O–H groups in total. The summed E-state index contributed by atoms with van der Waals surface area (Å²) in [6, 6.07) is 3.89. The van der Waals surface area contributed by atoms with Gasteiger partial charge in [-0.3, -0.25) is 0 Å². The molecular formula is C8H7BrN2O. The molecule has 0 radical (unpaired) electrons. The molecule has 0 bridgehead atoms. The second kappa shape index (κ2) is 2.48. The van der Waals surface area contributed by atoms with E-state index >= 15 is 0 Å². The Bertz CT molecular complexity index is 483. The molecule has 0 aliphatic carbocycles. The molecule has 0 saturated carbocycles. The zero-order valence-corrected chi connectivity index (χ0v) is 8.03. The Hall–Kier alpha value is -1.03. The van der Waals surface area contributed by atoms with E-state index in [9.17, 15) is 4.79 Å². The van der Waals surface area contributed by atoms with E-state index in [1.807, 2.05) is 19.1 Å². The lowest BCUT2D eigenvalue weighted by Crippen LogP contribution is -1.99. The molecule has 0 aliphatic rings. The minimum absolute atomic E-state index is 0.170. The molecule has 0 atom stereocenters. The van der Waals surface area contributed by atoms with Crippen LogP contribution >= 0.6 is 15.9 Å². The van der Waals surface area contributed by atoms with Gasteiger partial charge in [-0.1, -0.05) is 0 Å². The summed E-state index contributed by atoms with van der Waals surface area (Å²) in [4.78, 5) is 16.3. The van der Waals surface area contributed by atoms with Crippen LogP contribution in [0.25, 0.3) is 11.0 Å². The first-order valence-corrected chi connectivity index (χ1v) is 4.34. The van der Waals surface area contributed by atoms with Gasteiger partial charge in [0.25, 0.3) is 0 Å². The van der Waals surface area contributed by atoms with Gasteiger partial charge in [-0.05, 0) is 40.5 Å². The van der Waals surface area contributed by atoms with Crippen molar-refractivity contribution in [3.63, 3.8) is 0 Å². The molecule has 62 valence electrons. The second-order valence-corrected chi connectivity index (χ2v) is 3.60. The third kappa shape index (κ3) is 1.08. The first-order valence-electron chi connectivity index (χ1n) is 3.55. The van der Waals surface area contributed by atoms with Crippen molar-refractivity contribution < 1.29 is 0 Å². The summed E-state index contributed by atoms with van der Waals surface area (Å²) < 4.78 is 0.913. The molecule has 1 heterocycles. The van der Waals surface area contributed by atoms with Crippen molar-refractivity contribution in [2.24, 2.45) is 0 Å². The monoisotopic (exact) mass is 226 g/mol. The lowest BCUT2D eigenvalue weighted by atomic mass is 10.2. The standard InChI is InChI=1S/C8H7BrN2O/c1-4-2-5(9)7-6(3-4)10-8(12)11-7/h2-3H,1H3,(H2,10,11,12). The molecule has 4 heteroatoms. The molecule has 12 heavy (non-hydrogen) atoms. The first kappa shape index (κ1) is 7.61. The number of halogens is 1. The van der Waals surface area contributed by atoms with Crippen molar-refractivity contribution in [3.05, 3.63) is 32.7 Å². The summed E-state index contributed by atoms with van der Waals surface area (Å²) in [7, 11) is 0. The summed E-state index contributed by atoms with van der Waals surface area (Å²) in [5, 5.41) is 0. The number of rotatable bonds is 0. The maximum atomic E-state index is 10.9. The minimum Gasteiger partial charge on any atom is -0.306 e. The first-order chi connectivity index (χ1) is 5.66. The molecule has 0 saturated heterocycles. The number of aromatic amines is 2. The normalized spacial score (nSPS) is 10.8. The quantitative estimate of drug-likeness (QED) is 0.709. The smallest absolute Gasteiger partial charge is 0.306 e. The Labute approximate surface area is 76.9 Å². The summed E-state index contributed by atoms with van der Waals surface area (Å²) >= 11 is 3.37. The second-order valence-electron chi connectivity index (χ2n) is 2.75. The lowest BCUT2D eigenvalue weighted by molar-refractivity contribution is 1.21. The van der Waals surface area contributed by atoms with Crippen molar-refractivity contribution in [2.45, 2.75) is 6.92 Å². The van der Waals surface area contributed by atoms with Crippen molar-refractivity contribution in [2.75, 3.05) is 0 Å². The Morgan fingerprint density at radius 1 is 1.33 bits per heavy atom. The molecule has 1 aromatic carbocycles. The summed E-state index contributed by atoms with van der Waals surface area (Å²) in [6.07, 6.45) is 0. The van der Waals surface area contributed by atoms with E-state index in [0.29, 0.717) is 0 Å². The Morgan fingerprint density at radius 3 is 2.83 bits per heavy atom. The van der Waals surface area contributed by atoms with Crippen molar-refractivity contribution in [1.82, 2.24) is 9.97 Å². The van der Waals surface area contributed by atoms with E-state index < -0.39 is 0 Å². The number of aromatic nitrogens is 2. The molecule has 0 aliphatic heterocycles. The predicted molar refractivity (Wildman–Crippen MR) is 51.4 cm³/mol. The van der Waals surface area contributed by atoms with Gasteiger partial charge in [-0.2, -0.15) is 0 Å². The van der Waals surface area contributed by atoms with Crippen LogP contribution in [-0.4, -0.2) is 9.97 Å². The van der Waals surface area contributed by atoms with E-state index in [1.54, 1.807) is 0 Å². The van der Waals surface area contributed by atoms with Gasteiger partial charge in [0.1, 0.15) is 0 Å². The molecule has 2 rings (SSSR count). The number of benzene rings is 1. The molecule has 0 spiro atoms. The van der Waals surface area contributed by atoms with Crippen LogP contribution in [0.2, 0.25) is 0 Å². The van der Waals surface area contributed by atoms with Crippen LogP contribution in [0.4, 0.5) is 0 Å². The van der Waals surface area contributed by atoms with Crippen LogP contribution in [0.15, 0.2) is 21.4 Å². The highest BCUT2D eigenvalue weighted by molar-refractivity contribution is 9.10. The van der Waals surface area contributed by atoms with E-state index in [2.05, 4.69) is 25.9 Å². The molecule has 1 aromatic heterocycles. The largest absolute Gasteiger partial charge is 0.323 e. The van der Waals surface area contributed by atoms with Gasteiger partial charge in [0, 0.05) is 4.47 Å². The van der Waals surface area contributed by atoms with E-state index in [0.717, 1.165) is 21.1 Å². The van der Waals surface area contributed by atoms with Crippen LogP contribution in [0, 0.1) is 6.92 Å². The fourth-order valence-corrected chi connectivity index (χ4v) is 1.91. The molecular weight excluding hydrogens is 220 g/mol. The number of hydrogen-bond donors (Lipinski definition) is 2. The maximum Gasteiger partial charge on any atom is 0.323 e. The van der Waals surface area contributed by atoms with Gasteiger partial charge in [0.15, 0.2) is 0 Å². The highest BCUT2D eigenvalue weighted by atomic mass is 79.9. The Kier molecular flexibility index (Phi) is 1.58. The van der Waals surface area contributed by atoms with Crippen LogP contribution < -0.4 is 5.69 Å². The molecule has 3 nitrogen and oxygen atoms in total. The van der Waals surface area contributed by atoms with Crippen molar-refractivity contribution in [1.29, 1.82) is 0 Å². The number of imidazole rings is 1. The van der Waals surface area contributed by atoms with Crippen molar-refractivity contribution >= 4 is 27.0 Å². The molecule has 0 fully saturated rings. The molecule has 2 aromatic rings. The van der Waals surface area contributed by atoms with Crippen molar-refractivity contribution in [3.8, 4) is 0 Å². The topological polar surface area (TPSA) is 48.6 Å². The number of nitrogens with one attached hydrogen (secondary N) is 2. The average molecular weight is 227 g/mol. The van der Waals surface area contributed by atoms with Gasteiger partial charge in [0.2, 0.25) is 0 Å². The Morgan fingerprint density at radius 2 is 2.08 bits per heavy atom. The van der Waals surface area contributed by atoms with Gasteiger partial charge >= 0.3 is 5.69 Å². The Balaban J connectivity index is 2.97. The fourth-order valence-electron chi connectivity index (χ4n) is 1.23. The third-order valence-electron chi connectivity index (χ3n) is 1.72. The van der Waals surface area contributed by atoms with Crippen LogP contribution in [-0.2, 0) is 0 Å². The van der Waals surface area contributed by atoms with Gasteiger partial charge < -0.3 is 9.97 Å². The van der Waals surface area contributed by atoms with Gasteiger partial charge in [-0.25, -0.2) is 4.79 Å². The zero-order valence-electron chi connectivity index (χ0n) is 6.44. The maximum absolute atomic E-state index is 10.9. The van der Waals surface area contributed by atoms with E-state index in [1.165, 1.54) is 0 Å². The fraction of sp³-hybridized carbons (Fsp3) is 0.125. The van der Waals surface area contributed by atoms with E-state index in [4.69, 9.17) is 0 Å². The summed E-state index contributed by atoms with van der Waals surface area (Å²) in [6.45, 7) is 1.98. The molecule has 0 unspecified atom stereocenters. The van der Waals surface area contributed by atoms with Crippen LogP contribution in [0.3, 0.4) is 0 Å². The van der Waals surface area contributed by atoms with E-state index in [-0.39, 0.29) is 5.69 Å². The highest BCUT2D eigenvalue weighted by Gasteiger charge is 2.02. The third-order valence-corrected chi connectivity index (χ3v) is 2.35. The lowest BCUT2D eigenvalue weighted by Gasteiger charge is -1.95. The van der Waals surface area contributed by atoms with Gasteiger partial charge in [-0.15, -0.1) is 0 Å².